The summed E-state index contributed by atoms with van der Waals surface area (Å²) in [7, 11) is 0. The van der Waals surface area contributed by atoms with Crippen LogP contribution in [0, 0.1) is 14.7 Å². The molecule has 0 spiro atoms. The van der Waals surface area contributed by atoms with Gasteiger partial charge in [0, 0.05) is 6.42 Å². The Bertz CT molecular complexity index is 594. The number of hydrogen-bond acceptors (Lipinski definition) is 7. The zero-order valence-electron chi connectivity index (χ0n) is 14.5. The number of carbonyl (C=O) groups is 1. The summed E-state index contributed by atoms with van der Waals surface area (Å²) >= 11 is 0. The molecule has 0 radical (unpaired) electrons. The maximum Gasteiger partial charge on any atom is 0.303 e. The monoisotopic (exact) mass is 361 g/mol. The topological polar surface area (TPSA) is 126 Å². The number of carboxylic acid groups (broad SMARTS) is 1. The maximum atomic E-state index is 10.8. The summed E-state index contributed by atoms with van der Waals surface area (Å²) < 4.78 is 0. The second-order valence-corrected chi connectivity index (χ2v) is 5.29. The highest BCUT2D eigenvalue weighted by Crippen LogP contribution is 2.12. The molecule has 8 heteroatoms. The lowest BCUT2D eigenvalue weighted by atomic mass is 10.0. The first-order chi connectivity index (χ1) is 12.5. The van der Waals surface area contributed by atoms with Crippen LogP contribution >= 0.6 is 0 Å². The van der Waals surface area contributed by atoms with Crippen molar-refractivity contribution >= 4 is 5.97 Å². The number of carboxylic acids is 1. The van der Waals surface area contributed by atoms with Crippen molar-refractivity contribution in [2.45, 2.75) is 44.3 Å². The first-order valence-corrected chi connectivity index (χ1v) is 8.07. The molecular formula is C18H23N3O5. The Morgan fingerprint density at radius 1 is 0.885 bits per heavy atom. The lowest BCUT2D eigenvalue weighted by Gasteiger charge is -2.09. The zero-order chi connectivity index (χ0) is 19.6. The van der Waals surface area contributed by atoms with Crippen molar-refractivity contribution < 1.29 is 9.90 Å². The molecule has 0 aromatic heterocycles. The fraction of sp³-hybridized carbons (Fsp3) is 0.389. The number of nitrogens with zero attached hydrogens (tertiary/aromatic N) is 3. The van der Waals surface area contributed by atoms with E-state index in [1.54, 1.807) is 43.4 Å². The molecule has 0 amide bonds. The summed E-state index contributed by atoms with van der Waals surface area (Å²) in [5.74, 6) is -1.06. The third kappa shape index (κ3) is 12.4. The second kappa shape index (κ2) is 15.5. The Balaban J connectivity index is 4.30. The van der Waals surface area contributed by atoms with Gasteiger partial charge in [-0.3, -0.25) is 4.79 Å². The summed E-state index contributed by atoms with van der Waals surface area (Å²) in [6, 6.07) is -2.31. The minimum absolute atomic E-state index is 0.0360. The van der Waals surface area contributed by atoms with Gasteiger partial charge in [-0.1, -0.05) is 76.3 Å². The van der Waals surface area contributed by atoms with Crippen LogP contribution in [0.1, 0.15) is 26.2 Å². The smallest absolute Gasteiger partial charge is 0.303 e. The molecule has 0 unspecified atom stereocenters. The van der Waals surface area contributed by atoms with Crippen molar-refractivity contribution in [1.82, 2.24) is 0 Å². The first kappa shape index (κ1) is 23.0. The summed E-state index contributed by atoms with van der Waals surface area (Å²) in [6.45, 7) is 1.69. The highest BCUT2D eigenvalue weighted by atomic mass is 16.4. The van der Waals surface area contributed by atoms with Gasteiger partial charge in [-0.15, -0.1) is 0 Å². The largest absolute Gasteiger partial charge is 0.481 e. The van der Waals surface area contributed by atoms with E-state index in [-0.39, 0.29) is 18.9 Å². The molecule has 26 heavy (non-hydrogen) atoms. The van der Waals surface area contributed by atoms with Crippen LogP contribution in [-0.2, 0) is 4.79 Å². The lowest BCUT2D eigenvalue weighted by molar-refractivity contribution is -0.137. The SMILES string of the molecule is C[C@H](/C=C/C=C\C\C=C/C=C/C=C/[C@@H](N=O)[C@H](CCC(=O)O)N=O)N=O. The van der Waals surface area contributed by atoms with E-state index in [9.17, 15) is 19.5 Å². The van der Waals surface area contributed by atoms with E-state index in [4.69, 9.17) is 5.11 Å². The minimum Gasteiger partial charge on any atom is -0.481 e. The van der Waals surface area contributed by atoms with Crippen LogP contribution in [0.15, 0.2) is 76.3 Å². The van der Waals surface area contributed by atoms with Crippen molar-refractivity contribution in [1.29, 1.82) is 0 Å². The summed E-state index contributed by atoms with van der Waals surface area (Å²) in [5.41, 5.74) is 0. The molecule has 0 fully saturated rings. The van der Waals surface area contributed by atoms with Crippen molar-refractivity contribution in [2.24, 2.45) is 15.5 Å². The molecule has 0 saturated heterocycles. The van der Waals surface area contributed by atoms with Gasteiger partial charge in [0.2, 0.25) is 0 Å². The molecule has 140 valence electrons. The standard InChI is InChI=1S/C18H23N3O5/c1-15(19-24)11-9-7-5-3-2-4-6-8-10-12-16(20-25)17(21-26)13-14-18(22)23/h2,4-12,15-17H,3,13-14H2,1H3,(H,22,23)/b4-2-,7-5-,8-6+,11-9+,12-10+/t15-,16-,17+/m1/s1. The molecule has 0 heterocycles. The van der Waals surface area contributed by atoms with E-state index in [0.29, 0.717) is 6.42 Å². The van der Waals surface area contributed by atoms with Crippen LogP contribution in [0.5, 0.6) is 0 Å². The van der Waals surface area contributed by atoms with Gasteiger partial charge < -0.3 is 5.11 Å². The summed E-state index contributed by atoms with van der Waals surface area (Å²) in [6.07, 6.45) is 17.7. The number of rotatable bonds is 14. The quantitative estimate of drug-likeness (QED) is 0.361. The third-order valence-corrected chi connectivity index (χ3v) is 3.16. The van der Waals surface area contributed by atoms with E-state index in [2.05, 4.69) is 15.5 Å². The van der Waals surface area contributed by atoms with Crippen LogP contribution < -0.4 is 0 Å². The van der Waals surface area contributed by atoms with Gasteiger partial charge in [-0.05, 0) is 19.8 Å². The lowest BCUT2D eigenvalue weighted by Crippen LogP contribution is -2.20. The third-order valence-electron chi connectivity index (χ3n) is 3.16. The Morgan fingerprint density at radius 2 is 1.50 bits per heavy atom. The molecule has 0 aromatic carbocycles. The van der Waals surface area contributed by atoms with E-state index in [1.165, 1.54) is 6.08 Å². The molecule has 0 aliphatic carbocycles. The van der Waals surface area contributed by atoms with Crippen LogP contribution in [0.4, 0.5) is 0 Å². The number of nitroso groups, excluding NO2 is 3. The van der Waals surface area contributed by atoms with Crippen molar-refractivity contribution in [3.63, 3.8) is 0 Å². The number of aliphatic carboxylic acids is 1. The molecule has 8 nitrogen and oxygen atoms in total. The molecule has 3 atom stereocenters. The van der Waals surface area contributed by atoms with Gasteiger partial charge in [0.15, 0.2) is 0 Å². The Labute approximate surface area is 152 Å². The van der Waals surface area contributed by atoms with Gasteiger partial charge in [0.1, 0.15) is 18.1 Å². The molecule has 0 saturated carbocycles. The summed E-state index contributed by atoms with van der Waals surface area (Å²) in [5, 5.41) is 17.0. The minimum atomic E-state index is -1.06. The molecule has 0 aliphatic rings. The van der Waals surface area contributed by atoms with E-state index < -0.39 is 18.1 Å². The normalized spacial score (nSPS) is 15.9. The zero-order valence-corrected chi connectivity index (χ0v) is 14.5. The molecule has 0 rings (SSSR count). The molecular weight excluding hydrogens is 338 g/mol. The molecule has 0 bridgehead atoms. The Hall–Kier alpha value is -3.03. The fourth-order valence-electron chi connectivity index (χ4n) is 1.75. The number of hydrogen-bond donors (Lipinski definition) is 1. The van der Waals surface area contributed by atoms with E-state index >= 15 is 0 Å². The van der Waals surface area contributed by atoms with Gasteiger partial charge in [-0.2, -0.15) is 14.7 Å². The average Bonchev–Trinajstić information content (AvgIpc) is 2.63. The van der Waals surface area contributed by atoms with Gasteiger partial charge >= 0.3 is 5.97 Å². The Kier molecular flexibility index (Phi) is 13.7. The van der Waals surface area contributed by atoms with E-state index in [0.717, 1.165) is 0 Å². The van der Waals surface area contributed by atoms with Crippen molar-refractivity contribution in [2.75, 3.05) is 0 Å². The van der Waals surface area contributed by atoms with Crippen LogP contribution in [-0.4, -0.2) is 29.2 Å². The predicted molar refractivity (Wildman–Crippen MR) is 102 cm³/mol. The molecule has 1 N–H and O–H groups in total. The molecule has 0 aliphatic heterocycles. The van der Waals surface area contributed by atoms with Crippen molar-refractivity contribution in [3.8, 4) is 0 Å². The average molecular weight is 361 g/mol. The fourth-order valence-corrected chi connectivity index (χ4v) is 1.75. The summed E-state index contributed by atoms with van der Waals surface area (Å²) in [4.78, 5) is 42.2. The first-order valence-electron chi connectivity index (χ1n) is 8.07. The van der Waals surface area contributed by atoms with Gasteiger partial charge in [0.05, 0.1) is 0 Å². The van der Waals surface area contributed by atoms with Gasteiger partial charge in [0.25, 0.3) is 0 Å². The highest BCUT2D eigenvalue weighted by molar-refractivity contribution is 5.66. The van der Waals surface area contributed by atoms with Crippen LogP contribution in [0.2, 0.25) is 0 Å². The predicted octanol–water partition coefficient (Wildman–Crippen LogP) is 4.45. The Morgan fingerprint density at radius 3 is 2.08 bits per heavy atom. The molecule has 0 aromatic rings. The number of allylic oxidation sites excluding steroid dienone is 8. The van der Waals surface area contributed by atoms with Crippen LogP contribution in [0.25, 0.3) is 0 Å². The van der Waals surface area contributed by atoms with E-state index in [1.807, 2.05) is 18.2 Å². The van der Waals surface area contributed by atoms with Crippen molar-refractivity contribution in [3.05, 3.63) is 75.5 Å². The highest BCUT2D eigenvalue weighted by Gasteiger charge is 2.21. The van der Waals surface area contributed by atoms with Gasteiger partial charge in [-0.25, -0.2) is 0 Å². The second-order valence-electron chi connectivity index (χ2n) is 5.29. The maximum absolute atomic E-state index is 10.8. The van der Waals surface area contributed by atoms with Crippen LogP contribution in [0.3, 0.4) is 0 Å².